The lowest BCUT2D eigenvalue weighted by molar-refractivity contribution is 0.122. The Labute approximate surface area is 167 Å². The third-order valence-electron chi connectivity index (χ3n) is 5.38. The molecule has 0 saturated carbocycles. The van der Waals surface area contributed by atoms with Crippen molar-refractivity contribution >= 4 is 17.1 Å². The van der Waals surface area contributed by atoms with Gasteiger partial charge < -0.3 is 14.0 Å². The Balaban J connectivity index is 2.23. The van der Waals surface area contributed by atoms with E-state index < -0.39 is 6.16 Å². The third kappa shape index (κ3) is 3.91. The summed E-state index contributed by atoms with van der Waals surface area (Å²) in [7, 11) is 1.34. The van der Waals surface area contributed by atoms with E-state index in [0.29, 0.717) is 5.75 Å². The first-order chi connectivity index (χ1) is 13.6. The third-order valence-corrected chi connectivity index (χ3v) is 5.38. The first-order valence-electron chi connectivity index (χ1n) is 9.99. The molecule has 4 nitrogen and oxygen atoms in total. The molecule has 0 saturated heterocycles. The molecule has 0 spiro atoms. The van der Waals surface area contributed by atoms with Crippen LogP contribution < -0.4 is 4.74 Å². The SMILES string of the molecule is C=C/C(=C\C=C/C)Cn1c(CC)cc2c(OC(=O)OC)cc3c(c21)CCCC3. The van der Waals surface area contributed by atoms with E-state index in [0.717, 1.165) is 43.2 Å². The molecule has 28 heavy (non-hydrogen) atoms. The number of nitrogens with zero attached hydrogens (tertiary/aromatic N) is 1. The van der Waals surface area contributed by atoms with Crippen molar-refractivity contribution in [1.29, 1.82) is 0 Å². The van der Waals surface area contributed by atoms with E-state index in [2.05, 4.69) is 30.2 Å². The zero-order valence-corrected chi connectivity index (χ0v) is 17.1. The number of fused-ring (bicyclic) bond motifs is 3. The van der Waals surface area contributed by atoms with Gasteiger partial charge in [-0.1, -0.05) is 37.8 Å². The predicted molar refractivity (Wildman–Crippen MR) is 114 cm³/mol. The number of methoxy groups -OCH3 is 1. The molecular formula is C24H29NO3. The molecule has 1 aromatic heterocycles. The molecule has 4 heteroatoms. The quantitative estimate of drug-likeness (QED) is 0.355. The summed E-state index contributed by atoms with van der Waals surface area (Å²) < 4.78 is 12.6. The number of hydrogen-bond donors (Lipinski definition) is 0. The second kappa shape index (κ2) is 8.96. The molecule has 3 rings (SSSR count). The van der Waals surface area contributed by atoms with Crippen LogP contribution in [0.15, 0.2) is 48.6 Å². The highest BCUT2D eigenvalue weighted by Gasteiger charge is 2.22. The van der Waals surface area contributed by atoms with Crippen LogP contribution in [-0.2, 0) is 30.5 Å². The van der Waals surface area contributed by atoms with Gasteiger partial charge in [-0.05, 0) is 67.9 Å². The maximum atomic E-state index is 11.8. The van der Waals surface area contributed by atoms with Gasteiger partial charge in [-0.15, -0.1) is 0 Å². The second-order valence-electron chi connectivity index (χ2n) is 7.08. The van der Waals surface area contributed by atoms with Gasteiger partial charge in [0, 0.05) is 17.6 Å². The topological polar surface area (TPSA) is 40.5 Å². The standard InChI is InChI=1S/C24H29NO3/c1-5-8-11-17(6-2)16-25-19(7-3)15-21-22(28-24(26)27-4)14-18-12-9-10-13-20(18)23(21)25/h5-6,8,11,14-15H,2,7,9-10,12-13,16H2,1,3-4H3/b8-5-,17-11+. The lowest BCUT2D eigenvalue weighted by atomic mass is 9.89. The van der Waals surface area contributed by atoms with Gasteiger partial charge in [-0.2, -0.15) is 0 Å². The molecule has 0 amide bonds. The minimum Gasteiger partial charge on any atom is -0.437 e. The molecule has 1 aliphatic carbocycles. The number of aryl methyl sites for hydroxylation is 3. The number of carbonyl (C=O) groups excluding carboxylic acids is 1. The second-order valence-corrected chi connectivity index (χ2v) is 7.08. The van der Waals surface area contributed by atoms with E-state index in [1.54, 1.807) is 0 Å². The molecule has 0 radical (unpaired) electrons. The van der Waals surface area contributed by atoms with Gasteiger partial charge in [-0.3, -0.25) is 0 Å². The summed E-state index contributed by atoms with van der Waals surface area (Å²) in [6.45, 7) is 8.89. The van der Waals surface area contributed by atoms with Crippen LogP contribution in [0.2, 0.25) is 0 Å². The zero-order valence-electron chi connectivity index (χ0n) is 17.1. The molecule has 1 heterocycles. The molecule has 148 valence electrons. The van der Waals surface area contributed by atoms with Crippen molar-refractivity contribution in [3.8, 4) is 5.75 Å². The largest absolute Gasteiger partial charge is 0.513 e. The van der Waals surface area contributed by atoms with Crippen molar-refractivity contribution in [2.24, 2.45) is 0 Å². The van der Waals surface area contributed by atoms with Gasteiger partial charge in [0.15, 0.2) is 0 Å². The van der Waals surface area contributed by atoms with Gasteiger partial charge in [0.2, 0.25) is 0 Å². The Morgan fingerprint density at radius 1 is 1.29 bits per heavy atom. The number of ether oxygens (including phenoxy) is 2. The molecule has 0 N–H and O–H groups in total. The van der Waals surface area contributed by atoms with Crippen LogP contribution in [0.3, 0.4) is 0 Å². The summed E-state index contributed by atoms with van der Waals surface area (Å²) >= 11 is 0. The van der Waals surface area contributed by atoms with Crippen LogP contribution in [0.25, 0.3) is 10.9 Å². The highest BCUT2D eigenvalue weighted by atomic mass is 16.7. The summed E-state index contributed by atoms with van der Waals surface area (Å²) in [5, 5.41) is 0.984. The first-order valence-corrected chi connectivity index (χ1v) is 9.99. The Morgan fingerprint density at radius 3 is 2.75 bits per heavy atom. The van der Waals surface area contributed by atoms with Gasteiger partial charge in [0.05, 0.1) is 12.6 Å². The first kappa shape index (κ1) is 20.0. The van der Waals surface area contributed by atoms with Crippen molar-refractivity contribution in [1.82, 2.24) is 4.57 Å². The van der Waals surface area contributed by atoms with Crippen molar-refractivity contribution in [2.45, 2.75) is 52.5 Å². The number of hydrogen-bond acceptors (Lipinski definition) is 3. The highest BCUT2D eigenvalue weighted by molar-refractivity contribution is 5.93. The molecule has 0 unspecified atom stereocenters. The summed E-state index contributed by atoms with van der Waals surface area (Å²) in [6.07, 6.45) is 12.7. The highest BCUT2D eigenvalue weighted by Crippen LogP contribution is 2.38. The molecule has 2 aromatic rings. The average molecular weight is 380 g/mol. The summed E-state index contributed by atoms with van der Waals surface area (Å²) in [5.41, 5.74) is 6.21. The van der Waals surface area contributed by atoms with Crippen LogP contribution in [-0.4, -0.2) is 17.8 Å². The van der Waals surface area contributed by atoms with E-state index in [-0.39, 0.29) is 0 Å². The summed E-state index contributed by atoms with van der Waals surface area (Å²) in [6, 6.07) is 4.18. The number of rotatable bonds is 6. The maximum Gasteiger partial charge on any atom is 0.513 e. The van der Waals surface area contributed by atoms with E-state index in [4.69, 9.17) is 9.47 Å². The van der Waals surface area contributed by atoms with E-state index in [9.17, 15) is 4.79 Å². The fraction of sp³-hybridized carbons (Fsp3) is 0.375. The van der Waals surface area contributed by atoms with E-state index in [1.807, 2.05) is 31.2 Å². The summed E-state index contributed by atoms with van der Waals surface area (Å²) in [5.74, 6) is 0.591. The van der Waals surface area contributed by atoms with Crippen LogP contribution in [0.5, 0.6) is 5.75 Å². The number of benzene rings is 1. The number of carbonyl (C=O) groups is 1. The van der Waals surface area contributed by atoms with E-state index >= 15 is 0 Å². The number of allylic oxidation sites excluding steroid dienone is 5. The van der Waals surface area contributed by atoms with Crippen molar-refractivity contribution in [3.63, 3.8) is 0 Å². The minimum absolute atomic E-state index is 0.591. The van der Waals surface area contributed by atoms with Gasteiger partial charge in [0.25, 0.3) is 0 Å². The molecule has 0 fully saturated rings. The van der Waals surface area contributed by atoms with Crippen LogP contribution >= 0.6 is 0 Å². The van der Waals surface area contributed by atoms with Gasteiger partial charge in [0.1, 0.15) is 5.75 Å². The maximum absolute atomic E-state index is 11.8. The Hall–Kier alpha value is -2.75. The van der Waals surface area contributed by atoms with Crippen LogP contribution in [0, 0.1) is 0 Å². The van der Waals surface area contributed by atoms with Crippen molar-refractivity contribution < 1.29 is 14.3 Å². The summed E-state index contributed by atoms with van der Waals surface area (Å²) in [4.78, 5) is 11.8. The van der Waals surface area contributed by atoms with Crippen molar-refractivity contribution in [2.75, 3.05) is 7.11 Å². The smallest absolute Gasteiger partial charge is 0.437 e. The lowest BCUT2D eigenvalue weighted by Crippen LogP contribution is -2.12. The van der Waals surface area contributed by atoms with Crippen LogP contribution in [0.1, 0.15) is 43.5 Å². The van der Waals surface area contributed by atoms with Crippen molar-refractivity contribution in [3.05, 3.63) is 65.4 Å². The Bertz CT molecular complexity index is 947. The van der Waals surface area contributed by atoms with Gasteiger partial charge in [-0.25, -0.2) is 4.79 Å². The van der Waals surface area contributed by atoms with Gasteiger partial charge >= 0.3 is 6.16 Å². The van der Waals surface area contributed by atoms with E-state index in [1.165, 1.54) is 35.9 Å². The normalized spacial score (nSPS) is 14.3. The van der Waals surface area contributed by atoms with Crippen LogP contribution in [0.4, 0.5) is 4.79 Å². The fourth-order valence-electron chi connectivity index (χ4n) is 3.99. The Morgan fingerprint density at radius 2 is 2.07 bits per heavy atom. The minimum atomic E-state index is -0.678. The molecule has 1 aromatic carbocycles. The zero-order chi connectivity index (χ0) is 20.1. The molecular weight excluding hydrogens is 350 g/mol. The molecule has 0 bridgehead atoms. The Kier molecular flexibility index (Phi) is 6.40. The molecule has 0 aliphatic heterocycles. The molecule has 0 atom stereocenters. The molecule has 1 aliphatic rings. The lowest BCUT2D eigenvalue weighted by Gasteiger charge is -2.21. The predicted octanol–water partition coefficient (Wildman–Crippen LogP) is 5.92. The monoisotopic (exact) mass is 379 g/mol. The average Bonchev–Trinajstić information content (AvgIpc) is 3.09. The fourth-order valence-corrected chi connectivity index (χ4v) is 3.99. The number of aromatic nitrogens is 1.